The zero-order valence-electron chi connectivity index (χ0n) is 8.40. The van der Waals surface area contributed by atoms with Gasteiger partial charge in [-0.25, -0.2) is 9.78 Å². The molecule has 0 aliphatic heterocycles. The van der Waals surface area contributed by atoms with E-state index in [0.717, 1.165) is 10.5 Å². The van der Waals surface area contributed by atoms with E-state index in [0.29, 0.717) is 5.82 Å². The van der Waals surface area contributed by atoms with Crippen molar-refractivity contribution >= 4 is 33.6 Å². The van der Waals surface area contributed by atoms with Gasteiger partial charge in [0.15, 0.2) is 0 Å². The van der Waals surface area contributed by atoms with E-state index < -0.39 is 11.9 Å². The Morgan fingerprint density at radius 3 is 2.69 bits per heavy atom. The molecule has 5 nitrogen and oxygen atoms in total. The molecule has 1 aromatic rings. The molecule has 0 spiro atoms. The Morgan fingerprint density at radius 1 is 1.50 bits per heavy atom. The second kappa shape index (κ2) is 5.41. The van der Waals surface area contributed by atoms with Crippen molar-refractivity contribution in [3.63, 3.8) is 0 Å². The van der Waals surface area contributed by atoms with Crippen molar-refractivity contribution in [2.24, 2.45) is 0 Å². The highest BCUT2D eigenvalue weighted by molar-refractivity contribution is 9.10. The van der Waals surface area contributed by atoms with Crippen LogP contribution >= 0.6 is 15.9 Å². The fourth-order valence-electron chi connectivity index (χ4n) is 0.915. The number of aromatic nitrogens is 1. The molecule has 0 fully saturated rings. The van der Waals surface area contributed by atoms with E-state index in [1.54, 1.807) is 12.1 Å². The number of aliphatic carboxylic acids is 1. The molecule has 1 rings (SSSR count). The number of hydrogen-bond donors (Lipinski definition) is 2. The van der Waals surface area contributed by atoms with Crippen LogP contribution in [0.1, 0.15) is 6.92 Å². The highest BCUT2D eigenvalue weighted by atomic mass is 79.9. The third-order valence-electron chi connectivity index (χ3n) is 1.67. The number of carbonyl (C=O) groups excluding carboxylic acids is 1. The molecule has 0 aromatic carbocycles. The van der Waals surface area contributed by atoms with Crippen LogP contribution in [0.15, 0.2) is 34.5 Å². The zero-order valence-corrected chi connectivity index (χ0v) is 9.98. The fourth-order valence-corrected chi connectivity index (χ4v) is 1.15. The average molecular weight is 285 g/mol. The van der Waals surface area contributed by atoms with E-state index in [9.17, 15) is 9.59 Å². The van der Waals surface area contributed by atoms with Crippen molar-refractivity contribution in [3.05, 3.63) is 34.5 Å². The van der Waals surface area contributed by atoms with Gasteiger partial charge in [-0.3, -0.25) is 4.79 Å². The first kappa shape index (κ1) is 12.4. The molecule has 0 aliphatic carbocycles. The second-order valence-corrected chi connectivity index (χ2v) is 3.90. The minimum absolute atomic E-state index is 0.109. The molecule has 0 saturated carbocycles. The zero-order chi connectivity index (χ0) is 12.1. The minimum atomic E-state index is -1.16. The van der Waals surface area contributed by atoms with Crippen LogP contribution in [0.2, 0.25) is 0 Å². The summed E-state index contributed by atoms with van der Waals surface area (Å²) in [5.74, 6) is -1.28. The van der Waals surface area contributed by atoms with Gasteiger partial charge in [0, 0.05) is 22.3 Å². The molecular formula is C10H9BrN2O3. The molecule has 84 valence electrons. The topological polar surface area (TPSA) is 79.3 Å². The molecular weight excluding hydrogens is 276 g/mol. The number of hydrogen-bond acceptors (Lipinski definition) is 3. The molecule has 0 radical (unpaired) electrons. The minimum Gasteiger partial charge on any atom is -0.478 e. The number of halogens is 1. The number of anilines is 1. The third-order valence-corrected chi connectivity index (χ3v) is 2.14. The van der Waals surface area contributed by atoms with Gasteiger partial charge in [0.25, 0.3) is 5.91 Å². The van der Waals surface area contributed by atoms with Crippen LogP contribution in [0.5, 0.6) is 0 Å². The summed E-state index contributed by atoms with van der Waals surface area (Å²) in [4.78, 5) is 25.7. The van der Waals surface area contributed by atoms with Gasteiger partial charge < -0.3 is 10.4 Å². The van der Waals surface area contributed by atoms with Gasteiger partial charge in [-0.15, -0.1) is 0 Å². The van der Waals surface area contributed by atoms with E-state index in [1.807, 2.05) is 0 Å². The lowest BCUT2D eigenvalue weighted by molar-refractivity contribution is -0.131. The first-order chi connectivity index (χ1) is 7.49. The molecule has 6 heteroatoms. The lowest BCUT2D eigenvalue weighted by Crippen LogP contribution is -2.14. The van der Waals surface area contributed by atoms with Crippen LogP contribution in [0.3, 0.4) is 0 Å². The quantitative estimate of drug-likeness (QED) is 0.830. The van der Waals surface area contributed by atoms with Crippen LogP contribution in [-0.4, -0.2) is 22.0 Å². The Balaban J connectivity index is 2.71. The summed E-state index contributed by atoms with van der Waals surface area (Å²) in [7, 11) is 0. The maximum atomic E-state index is 11.4. The Labute approximate surface area is 100 Å². The highest BCUT2D eigenvalue weighted by Crippen LogP contribution is 2.11. The number of carboxylic acid groups (broad SMARTS) is 1. The van der Waals surface area contributed by atoms with Crippen LogP contribution < -0.4 is 5.32 Å². The van der Waals surface area contributed by atoms with Crippen LogP contribution in [0.25, 0.3) is 0 Å². The number of carboxylic acids is 1. The first-order valence-electron chi connectivity index (χ1n) is 4.33. The van der Waals surface area contributed by atoms with Crippen molar-refractivity contribution in [1.82, 2.24) is 4.98 Å². The Hall–Kier alpha value is -1.69. The van der Waals surface area contributed by atoms with Crippen LogP contribution in [0.4, 0.5) is 5.82 Å². The van der Waals surface area contributed by atoms with Gasteiger partial charge in [0.2, 0.25) is 0 Å². The summed E-state index contributed by atoms with van der Waals surface area (Å²) in [5.41, 5.74) is 0.109. The van der Waals surface area contributed by atoms with Gasteiger partial charge in [-0.1, -0.05) is 0 Å². The number of carbonyl (C=O) groups is 2. The van der Waals surface area contributed by atoms with E-state index in [-0.39, 0.29) is 5.57 Å². The van der Waals surface area contributed by atoms with Crippen molar-refractivity contribution in [2.75, 3.05) is 5.32 Å². The third kappa shape index (κ3) is 3.82. The van der Waals surface area contributed by atoms with E-state index in [1.165, 1.54) is 13.1 Å². The van der Waals surface area contributed by atoms with Crippen molar-refractivity contribution < 1.29 is 14.7 Å². The number of nitrogens with zero attached hydrogens (tertiary/aromatic N) is 1. The molecule has 0 bridgehead atoms. The van der Waals surface area contributed by atoms with Gasteiger partial charge in [0.05, 0.1) is 0 Å². The number of nitrogens with one attached hydrogen (secondary N) is 1. The van der Waals surface area contributed by atoms with Gasteiger partial charge in [-0.2, -0.15) is 0 Å². The normalized spacial score (nSPS) is 11.0. The van der Waals surface area contributed by atoms with Crippen molar-refractivity contribution in [3.8, 4) is 0 Å². The summed E-state index contributed by atoms with van der Waals surface area (Å²) in [6.07, 6.45) is 2.38. The predicted molar refractivity (Wildman–Crippen MR) is 62.0 cm³/mol. The van der Waals surface area contributed by atoms with E-state index in [4.69, 9.17) is 5.11 Å². The SMILES string of the molecule is C/C(=C/C(=O)O)C(=O)Nc1ccc(Br)cn1. The maximum absolute atomic E-state index is 11.4. The predicted octanol–water partition coefficient (Wildman–Crippen LogP) is 1.81. The summed E-state index contributed by atoms with van der Waals surface area (Å²) >= 11 is 3.21. The first-order valence-corrected chi connectivity index (χ1v) is 5.12. The Kier molecular flexibility index (Phi) is 4.19. The molecule has 16 heavy (non-hydrogen) atoms. The van der Waals surface area contributed by atoms with E-state index >= 15 is 0 Å². The van der Waals surface area contributed by atoms with Crippen LogP contribution in [0, 0.1) is 0 Å². The highest BCUT2D eigenvalue weighted by Gasteiger charge is 2.06. The molecule has 0 aliphatic rings. The number of rotatable bonds is 3. The fraction of sp³-hybridized carbons (Fsp3) is 0.100. The molecule has 0 saturated heterocycles. The Morgan fingerprint density at radius 2 is 2.19 bits per heavy atom. The Bertz CT molecular complexity index is 440. The summed E-state index contributed by atoms with van der Waals surface area (Å²) in [5, 5.41) is 10.9. The standard InChI is InChI=1S/C10H9BrN2O3/c1-6(4-9(14)15)10(16)13-8-3-2-7(11)5-12-8/h2-5H,1H3,(H,14,15)(H,12,13,16)/b6-4-. The van der Waals surface area contributed by atoms with E-state index in [2.05, 4.69) is 26.2 Å². The lowest BCUT2D eigenvalue weighted by atomic mass is 10.2. The maximum Gasteiger partial charge on any atom is 0.328 e. The number of pyridine rings is 1. The molecule has 0 atom stereocenters. The average Bonchev–Trinajstić information content (AvgIpc) is 2.20. The molecule has 2 N–H and O–H groups in total. The molecule has 1 heterocycles. The van der Waals surface area contributed by atoms with Gasteiger partial charge in [0.1, 0.15) is 5.82 Å². The second-order valence-electron chi connectivity index (χ2n) is 2.98. The molecule has 0 unspecified atom stereocenters. The number of amides is 1. The van der Waals surface area contributed by atoms with Gasteiger partial charge in [-0.05, 0) is 35.0 Å². The van der Waals surface area contributed by atoms with Crippen LogP contribution in [-0.2, 0) is 9.59 Å². The summed E-state index contributed by atoms with van der Waals surface area (Å²) < 4.78 is 0.795. The monoisotopic (exact) mass is 284 g/mol. The van der Waals surface area contributed by atoms with Gasteiger partial charge >= 0.3 is 5.97 Å². The smallest absolute Gasteiger partial charge is 0.328 e. The lowest BCUT2D eigenvalue weighted by Gasteiger charge is -2.03. The van der Waals surface area contributed by atoms with Crippen molar-refractivity contribution in [2.45, 2.75) is 6.92 Å². The molecule has 1 amide bonds. The largest absolute Gasteiger partial charge is 0.478 e. The van der Waals surface area contributed by atoms with Crippen molar-refractivity contribution in [1.29, 1.82) is 0 Å². The summed E-state index contributed by atoms with van der Waals surface area (Å²) in [6.45, 7) is 1.42. The summed E-state index contributed by atoms with van der Waals surface area (Å²) in [6, 6.07) is 3.33. The molecule has 1 aromatic heterocycles.